The smallest absolute Gasteiger partial charge is 0.228 e. The van der Waals surface area contributed by atoms with Crippen molar-refractivity contribution in [3.8, 4) is 11.4 Å². The molecule has 2 aromatic heterocycles. The Morgan fingerprint density at radius 3 is 2.65 bits per heavy atom. The molecule has 0 aromatic carbocycles. The molecule has 1 saturated carbocycles. The molecule has 0 aliphatic heterocycles. The lowest BCUT2D eigenvalue weighted by Gasteiger charge is -2.36. The highest BCUT2D eigenvalue weighted by molar-refractivity contribution is 5.52. The van der Waals surface area contributed by atoms with Crippen molar-refractivity contribution < 1.29 is 4.52 Å². The molecule has 0 saturated heterocycles. The molecule has 1 fully saturated rings. The predicted octanol–water partition coefficient (Wildman–Crippen LogP) is 2.60. The number of aromatic nitrogens is 3. The van der Waals surface area contributed by atoms with E-state index in [0.717, 1.165) is 12.0 Å². The van der Waals surface area contributed by atoms with Gasteiger partial charge in [0.05, 0.1) is 0 Å². The van der Waals surface area contributed by atoms with Crippen LogP contribution in [0.4, 0.5) is 0 Å². The normalized spacial score (nSPS) is 18.1. The van der Waals surface area contributed by atoms with E-state index in [9.17, 15) is 0 Å². The van der Waals surface area contributed by atoms with Gasteiger partial charge in [-0.2, -0.15) is 4.98 Å². The zero-order valence-corrected chi connectivity index (χ0v) is 11.8. The van der Waals surface area contributed by atoms with Gasteiger partial charge in [-0.15, -0.1) is 0 Å². The van der Waals surface area contributed by atoms with Crippen molar-refractivity contribution in [3.05, 3.63) is 30.4 Å². The van der Waals surface area contributed by atoms with Crippen LogP contribution in [0.25, 0.3) is 11.4 Å². The molecular formula is C15H20N4O. The van der Waals surface area contributed by atoms with E-state index in [-0.39, 0.29) is 5.54 Å². The molecule has 0 amide bonds. The number of hydrogen-bond donors (Lipinski definition) is 1. The quantitative estimate of drug-likeness (QED) is 0.926. The van der Waals surface area contributed by atoms with Crippen molar-refractivity contribution in [2.75, 3.05) is 7.05 Å². The second kappa shape index (κ2) is 5.71. The number of hydrogen-bond acceptors (Lipinski definition) is 5. The molecule has 1 aliphatic carbocycles. The molecule has 5 heteroatoms. The van der Waals surface area contributed by atoms with Gasteiger partial charge >= 0.3 is 0 Å². The van der Waals surface area contributed by atoms with Crippen LogP contribution in [0.1, 0.15) is 38.0 Å². The lowest BCUT2D eigenvalue weighted by molar-refractivity contribution is 0.221. The van der Waals surface area contributed by atoms with Crippen LogP contribution in [0.5, 0.6) is 0 Å². The topological polar surface area (TPSA) is 63.8 Å². The second-order valence-electron chi connectivity index (χ2n) is 5.52. The summed E-state index contributed by atoms with van der Waals surface area (Å²) < 4.78 is 5.43. The van der Waals surface area contributed by atoms with E-state index in [0.29, 0.717) is 11.7 Å². The summed E-state index contributed by atoms with van der Waals surface area (Å²) in [5.41, 5.74) is 1.07. The van der Waals surface area contributed by atoms with Crippen LogP contribution in [0.2, 0.25) is 0 Å². The first-order chi connectivity index (χ1) is 9.81. The van der Waals surface area contributed by atoms with Gasteiger partial charge in [0, 0.05) is 29.9 Å². The standard InChI is InChI=1S/C15H20N4O/c1-16-15(7-3-2-4-8-15)11-13-18-14(19-20-13)12-5-9-17-10-6-12/h5-6,9-10,16H,2-4,7-8,11H2,1H3. The summed E-state index contributed by atoms with van der Waals surface area (Å²) in [6, 6.07) is 3.78. The molecule has 0 unspecified atom stereocenters. The van der Waals surface area contributed by atoms with Gasteiger partial charge in [-0.3, -0.25) is 4.98 Å². The van der Waals surface area contributed by atoms with E-state index >= 15 is 0 Å². The SMILES string of the molecule is CNC1(Cc2nc(-c3ccncc3)no2)CCCCC1. The number of likely N-dealkylation sites (N-methyl/N-ethyl adjacent to an activating group) is 1. The molecule has 20 heavy (non-hydrogen) atoms. The average molecular weight is 272 g/mol. The highest BCUT2D eigenvalue weighted by atomic mass is 16.5. The Bertz CT molecular complexity index is 546. The molecule has 1 N–H and O–H groups in total. The second-order valence-corrected chi connectivity index (χ2v) is 5.52. The monoisotopic (exact) mass is 272 g/mol. The largest absolute Gasteiger partial charge is 0.339 e. The highest BCUT2D eigenvalue weighted by Gasteiger charge is 2.32. The lowest BCUT2D eigenvalue weighted by Crippen LogP contribution is -2.46. The average Bonchev–Trinajstić information content (AvgIpc) is 2.97. The van der Waals surface area contributed by atoms with Gasteiger partial charge in [0.25, 0.3) is 0 Å². The third-order valence-corrected chi connectivity index (χ3v) is 4.24. The third-order valence-electron chi connectivity index (χ3n) is 4.24. The van der Waals surface area contributed by atoms with Crippen LogP contribution in [-0.4, -0.2) is 27.7 Å². The zero-order chi connectivity index (χ0) is 13.8. The Morgan fingerprint density at radius 2 is 1.95 bits per heavy atom. The van der Waals surface area contributed by atoms with E-state index in [1.54, 1.807) is 12.4 Å². The van der Waals surface area contributed by atoms with Crippen LogP contribution in [-0.2, 0) is 6.42 Å². The molecule has 1 aliphatic rings. The zero-order valence-electron chi connectivity index (χ0n) is 11.8. The Hall–Kier alpha value is -1.75. The molecular weight excluding hydrogens is 252 g/mol. The van der Waals surface area contributed by atoms with Crippen molar-refractivity contribution in [2.45, 2.75) is 44.1 Å². The fraction of sp³-hybridized carbons (Fsp3) is 0.533. The van der Waals surface area contributed by atoms with E-state index in [1.807, 2.05) is 19.2 Å². The van der Waals surface area contributed by atoms with Crippen molar-refractivity contribution in [1.82, 2.24) is 20.4 Å². The maximum Gasteiger partial charge on any atom is 0.228 e. The van der Waals surface area contributed by atoms with Gasteiger partial charge in [-0.1, -0.05) is 24.4 Å². The summed E-state index contributed by atoms with van der Waals surface area (Å²) in [5.74, 6) is 1.36. The summed E-state index contributed by atoms with van der Waals surface area (Å²) in [4.78, 5) is 8.52. The van der Waals surface area contributed by atoms with Crippen molar-refractivity contribution in [1.29, 1.82) is 0 Å². The minimum Gasteiger partial charge on any atom is -0.339 e. The van der Waals surface area contributed by atoms with Gasteiger partial charge in [0.15, 0.2) is 0 Å². The molecule has 106 valence electrons. The van der Waals surface area contributed by atoms with Crippen LogP contribution < -0.4 is 5.32 Å². The predicted molar refractivity (Wildman–Crippen MR) is 76.1 cm³/mol. The summed E-state index contributed by atoms with van der Waals surface area (Å²) in [6.07, 6.45) is 10.5. The molecule has 0 atom stereocenters. The van der Waals surface area contributed by atoms with Crippen molar-refractivity contribution in [3.63, 3.8) is 0 Å². The van der Waals surface area contributed by atoms with Gasteiger partial charge < -0.3 is 9.84 Å². The Morgan fingerprint density at radius 1 is 1.20 bits per heavy atom. The van der Waals surface area contributed by atoms with Gasteiger partial charge in [0.2, 0.25) is 11.7 Å². The van der Waals surface area contributed by atoms with Gasteiger partial charge in [-0.05, 0) is 32.0 Å². The third kappa shape index (κ3) is 2.72. The molecule has 0 spiro atoms. The highest BCUT2D eigenvalue weighted by Crippen LogP contribution is 2.31. The lowest BCUT2D eigenvalue weighted by atomic mass is 9.79. The molecule has 0 bridgehead atoms. The van der Waals surface area contributed by atoms with E-state index < -0.39 is 0 Å². The van der Waals surface area contributed by atoms with E-state index in [1.165, 1.54) is 32.1 Å². The summed E-state index contributed by atoms with van der Waals surface area (Å²) in [7, 11) is 2.03. The fourth-order valence-corrected chi connectivity index (χ4v) is 2.98. The molecule has 3 rings (SSSR count). The first-order valence-corrected chi connectivity index (χ1v) is 7.23. The maximum absolute atomic E-state index is 5.43. The summed E-state index contributed by atoms with van der Waals surface area (Å²) in [5, 5.41) is 7.55. The number of nitrogens with zero attached hydrogens (tertiary/aromatic N) is 3. The minimum absolute atomic E-state index is 0.125. The van der Waals surface area contributed by atoms with Crippen LogP contribution in [0, 0.1) is 0 Å². The maximum atomic E-state index is 5.43. The Kier molecular flexibility index (Phi) is 3.78. The first kappa shape index (κ1) is 13.2. The Balaban J connectivity index is 1.77. The Labute approximate surface area is 118 Å². The summed E-state index contributed by atoms with van der Waals surface area (Å²) >= 11 is 0. The van der Waals surface area contributed by atoms with E-state index in [4.69, 9.17) is 4.52 Å². The van der Waals surface area contributed by atoms with E-state index in [2.05, 4.69) is 20.4 Å². The van der Waals surface area contributed by atoms with Gasteiger partial charge in [0.1, 0.15) is 0 Å². The molecule has 2 heterocycles. The van der Waals surface area contributed by atoms with Crippen molar-refractivity contribution >= 4 is 0 Å². The minimum atomic E-state index is 0.125. The fourth-order valence-electron chi connectivity index (χ4n) is 2.98. The molecule has 2 aromatic rings. The van der Waals surface area contributed by atoms with Crippen LogP contribution >= 0.6 is 0 Å². The number of pyridine rings is 1. The number of rotatable bonds is 4. The molecule has 0 radical (unpaired) electrons. The first-order valence-electron chi connectivity index (χ1n) is 7.23. The number of nitrogens with one attached hydrogen (secondary N) is 1. The molecule has 5 nitrogen and oxygen atoms in total. The van der Waals surface area contributed by atoms with Crippen LogP contribution in [0.3, 0.4) is 0 Å². The van der Waals surface area contributed by atoms with Gasteiger partial charge in [-0.25, -0.2) is 0 Å². The van der Waals surface area contributed by atoms with Crippen molar-refractivity contribution in [2.24, 2.45) is 0 Å². The summed E-state index contributed by atoms with van der Waals surface area (Å²) in [6.45, 7) is 0. The van der Waals surface area contributed by atoms with Crippen LogP contribution in [0.15, 0.2) is 29.0 Å².